The molecule has 110 valence electrons. The normalized spacial score (nSPS) is 19.1. The average Bonchev–Trinajstić information content (AvgIpc) is 2.38. The maximum Gasteiger partial charge on any atom is 0.265 e. The van der Waals surface area contributed by atoms with Crippen molar-refractivity contribution >= 4 is 17.3 Å². The van der Waals surface area contributed by atoms with Crippen molar-refractivity contribution in [3.63, 3.8) is 0 Å². The Hall–Kier alpha value is -1.71. The van der Waals surface area contributed by atoms with Crippen LogP contribution in [0, 0.1) is 5.92 Å². The lowest BCUT2D eigenvalue weighted by Crippen LogP contribution is -2.34. The number of carbonyl (C=O) groups is 1. The van der Waals surface area contributed by atoms with Crippen molar-refractivity contribution < 1.29 is 9.53 Å². The molecule has 0 spiro atoms. The minimum Gasteiger partial charge on any atom is -0.479 e. The van der Waals surface area contributed by atoms with Gasteiger partial charge in [0, 0.05) is 11.7 Å². The van der Waals surface area contributed by atoms with Crippen molar-refractivity contribution in [1.29, 1.82) is 0 Å². The molecule has 1 amide bonds. The van der Waals surface area contributed by atoms with Crippen LogP contribution in [0.4, 0.5) is 11.4 Å². The molecule has 0 aliphatic carbocycles. The van der Waals surface area contributed by atoms with Gasteiger partial charge in [0.1, 0.15) is 5.75 Å². The van der Waals surface area contributed by atoms with Crippen LogP contribution in [0.15, 0.2) is 18.2 Å². The molecule has 0 radical (unpaired) electrons. The van der Waals surface area contributed by atoms with Crippen molar-refractivity contribution in [2.45, 2.75) is 52.7 Å². The topological polar surface area (TPSA) is 50.4 Å². The molecular formula is C16H24N2O2. The van der Waals surface area contributed by atoms with Crippen LogP contribution in [-0.4, -0.2) is 18.1 Å². The number of rotatable bonds is 5. The van der Waals surface area contributed by atoms with E-state index in [1.165, 1.54) is 6.42 Å². The summed E-state index contributed by atoms with van der Waals surface area (Å²) in [5.41, 5.74) is 1.76. The molecule has 0 fully saturated rings. The van der Waals surface area contributed by atoms with Gasteiger partial charge in [-0.3, -0.25) is 4.79 Å². The second-order valence-corrected chi connectivity index (χ2v) is 5.98. The summed E-state index contributed by atoms with van der Waals surface area (Å²) in [7, 11) is 0. The maximum atomic E-state index is 11.6. The van der Waals surface area contributed by atoms with Gasteiger partial charge in [-0.1, -0.05) is 13.8 Å². The van der Waals surface area contributed by atoms with E-state index in [-0.39, 0.29) is 5.91 Å². The molecule has 2 unspecified atom stereocenters. The first-order valence-electron chi connectivity index (χ1n) is 7.34. The molecule has 4 nitrogen and oxygen atoms in total. The van der Waals surface area contributed by atoms with Crippen molar-refractivity contribution in [3.8, 4) is 5.75 Å². The van der Waals surface area contributed by atoms with Gasteiger partial charge in [0.25, 0.3) is 5.91 Å². The van der Waals surface area contributed by atoms with E-state index < -0.39 is 6.10 Å². The van der Waals surface area contributed by atoms with Crippen LogP contribution in [-0.2, 0) is 4.79 Å². The van der Waals surface area contributed by atoms with E-state index in [0.29, 0.717) is 6.04 Å². The summed E-state index contributed by atoms with van der Waals surface area (Å²) in [6.07, 6.45) is 1.91. The van der Waals surface area contributed by atoms with Gasteiger partial charge in [0.15, 0.2) is 6.10 Å². The molecule has 1 aromatic carbocycles. The number of hydrogen-bond donors (Lipinski definition) is 2. The zero-order chi connectivity index (χ0) is 14.7. The number of hydrogen-bond acceptors (Lipinski definition) is 3. The molecule has 2 N–H and O–H groups in total. The molecular weight excluding hydrogens is 252 g/mol. The highest BCUT2D eigenvalue weighted by Gasteiger charge is 2.23. The van der Waals surface area contributed by atoms with Crippen LogP contribution in [0.1, 0.15) is 40.5 Å². The van der Waals surface area contributed by atoms with Crippen LogP contribution in [0.2, 0.25) is 0 Å². The van der Waals surface area contributed by atoms with Crippen molar-refractivity contribution in [3.05, 3.63) is 18.2 Å². The molecule has 0 aromatic heterocycles. The van der Waals surface area contributed by atoms with Gasteiger partial charge in [-0.15, -0.1) is 0 Å². The van der Waals surface area contributed by atoms with Crippen molar-refractivity contribution in [2.24, 2.45) is 5.92 Å². The number of amides is 1. The summed E-state index contributed by atoms with van der Waals surface area (Å²) in [5.74, 6) is 1.36. The van der Waals surface area contributed by atoms with E-state index in [2.05, 4.69) is 31.4 Å². The number of anilines is 2. The van der Waals surface area contributed by atoms with E-state index in [1.807, 2.05) is 18.2 Å². The standard InChI is InChI=1S/C16H24N2O2/c1-10(2)5-6-11(3)17-13-7-8-15-14(9-13)18-16(19)12(4)20-15/h7-12,17H,5-6H2,1-4H3,(H,18,19). The molecule has 2 atom stereocenters. The molecule has 1 heterocycles. The van der Waals surface area contributed by atoms with Crippen LogP contribution in [0.5, 0.6) is 5.75 Å². The number of carbonyl (C=O) groups excluding carboxylic acids is 1. The molecule has 0 bridgehead atoms. The zero-order valence-corrected chi connectivity index (χ0v) is 12.7. The Morgan fingerprint density at radius 2 is 2.05 bits per heavy atom. The monoisotopic (exact) mass is 276 g/mol. The Kier molecular flexibility index (Phi) is 4.53. The third-order valence-corrected chi connectivity index (χ3v) is 3.50. The number of nitrogens with one attached hydrogen (secondary N) is 2. The Labute approximate surface area is 120 Å². The summed E-state index contributed by atoms with van der Waals surface area (Å²) >= 11 is 0. The summed E-state index contributed by atoms with van der Waals surface area (Å²) in [6.45, 7) is 8.40. The lowest BCUT2D eigenvalue weighted by Gasteiger charge is -2.24. The first-order valence-corrected chi connectivity index (χ1v) is 7.34. The average molecular weight is 276 g/mol. The summed E-state index contributed by atoms with van der Waals surface area (Å²) in [5, 5.41) is 6.34. The van der Waals surface area contributed by atoms with Crippen molar-refractivity contribution in [2.75, 3.05) is 10.6 Å². The summed E-state index contributed by atoms with van der Waals surface area (Å²) < 4.78 is 5.54. The van der Waals surface area contributed by atoms with Gasteiger partial charge < -0.3 is 15.4 Å². The summed E-state index contributed by atoms with van der Waals surface area (Å²) in [6, 6.07) is 6.25. The fraction of sp³-hybridized carbons (Fsp3) is 0.562. The van der Waals surface area contributed by atoms with Crippen LogP contribution >= 0.6 is 0 Å². The number of ether oxygens (including phenoxy) is 1. The fourth-order valence-corrected chi connectivity index (χ4v) is 2.24. The van der Waals surface area contributed by atoms with Crippen LogP contribution < -0.4 is 15.4 Å². The van der Waals surface area contributed by atoms with Crippen molar-refractivity contribution in [1.82, 2.24) is 0 Å². The highest BCUT2D eigenvalue weighted by Crippen LogP contribution is 2.32. The lowest BCUT2D eigenvalue weighted by atomic mass is 10.0. The van der Waals surface area contributed by atoms with E-state index >= 15 is 0 Å². The highest BCUT2D eigenvalue weighted by atomic mass is 16.5. The number of benzene rings is 1. The van der Waals surface area contributed by atoms with Gasteiger partial charge in [-0.25, -0.2) is 0 Å². The maximum absolute atomic E-state index is 11.6. The second kappa shape index (κ2) is 6.16. The first-order chi connectivity index (χ1) is 9.45. The molecule has 2 rings (SSSR count). The Morgan fingerprint density at radius 3 is 2.75 bits per heavy atom. The van der Waals surface area contributed by atoms with E-state index in [1.54, 1.807) is 6.92 Å². The molecule has 1 aromatic rings. The van der Waals surface area contributed by atoms with E-state index in [0.717, 1.165) is 29.5 Å². The molecule has 4 heteroatoms. The van der Waals surface area contributed by atoms with Crippen LogP contribution in [0.25, 0.3) is 0 Å². The van der Waals surface area contributed by atoms with E-state index in [9.17, 15) is 4.79 Å². The van der Waals surface area contributed by atoms with Gasteiger partial charge >= 0.3 is 0 Å². The Bertz CT molecular complexity index is 485. The third kappa shape index (κ3) is 3.65. The zero-order valence-electron chi connectivity index (χ0n) is 12.7. The van der Waals surface area contributed by atoms with Gasteiger partial charge in [-0.2, -0.15) is 0 Å². The van der Waals surface area contributed by atoms with E-state index in [4.69, 9.17) is 4.74 Å². The predicted octanol–water partition coefficient (Wildman–Crippen LogP) is 3.64. The molecule has 20 heavy (non-hydrogen) atoms. The lowest BCUT2D eigenvalue weighted by molar-refractivity contribution is -0.122. The predicted molar refractivity (Wildman–Crippen MR) is 82.3 cm³/mol. The number of fused-ring (bicyclic) bond motifs is 1. The Balaban J connectivity index is 2.00. The fourth-order valence-electron chi connectivity index (χ4n) is 2.24. The Morgan fingerprint density at radius 1 is 1.30 bits per heavy atom. The largest absolute Gasteiger partial charge is 0.479 e. The first kappa shape index (κ1) is 14.7. The van der Waals surface area contributed by atoms with Crippen LogP contribution in [0.3, 0.4) is 0 Å². The molecule has 0 saturated heterocycles. The van der Waals surface area contributed by atoms with Gasteiger partial charge in [0.05, 0.1) is 5.69 Å². The quantitative estimate of drug-likeness (QED) is 0.863. The minimum absolute atomic E-state index is 0.0949. The van der Waals surface area contributed by atoms with Gasteiger partial charge in [0.2, 0.25) is 0 Å². The third-order valence-electron chi connectivity index (χ3n) is 3.50. The molecule has 1 aliphatic heterocycles. The smallest absolute Gasteiger partial charge is 0.265 e. The SMILES string of the molecule is CC(C)CCC(C)Nc1ccc2c(c1)NC(=O)C(C)O2. The molecule has 0 saturated carbocycles. The summed E-state index contributed by atoms with van der Waals surface area (Å²) in [4.78, 5) is 11.6. The second-order valence-electron chi connectivity index (χ2n) is 5.98. The highest BCUT2D eigenvalue weighted by molar-refractivity contribution is 5.98. The minimum atomic E-state index is -0.425. The van der Waals surface area contributed by atoms with Gasteiger partial charge in [-0.05, 0) is 50.8 Å². The molecule has 1 aliphatic rings.